The van der Waals surface area contributed by atoms with Gasteiger partial charge >= 0.3 is 17.3 Å². The lowest BCUT2D eigenvalue weighted by Gasteiger charge is -2.37. The van der Waals surface area contributed by atoms with Crippen molar-refractivity contribution in [3.63, 3.8) is 0 Å². The smallest absolute Gasteiger partial charge is 0.330 e. The summed E-state index contributed by atoms with van der Waals surface area (Å²) < 4.78 is 33.6. The van der Waals surface area contributed by atoms with Crippen molar-refractivity contribution in [2.24, 2.45) is 5.92 Å². The zero-order chi connectivity index (χ0) is 44.1. The second-order valence-corrected chi connectivity index (χ2v) is 15.6. The first-order chi connectivity index (χ1) is 29.8. The molecule has 2 saturated heterocycles. The molecular weight excluding hydrogens is 803 g/mol. The first-order valence-corrected chi connectivity index (χ1v) is 20.3. The lowest BCUT2D eigenvalue weighted by Crippen LogP contribution is -2.40. The highest BCUT2D eigenvalue weighted by Crippen LogP contribution is 2.44. The fraction of sp³-hybridized carbons (Fsp3) is 0.400. The third kappa shape index (κ3) is 9.36. The number of aliphatic hydroxyl groups excluding tert-OH is 1. The van der Waals surface area contributed by atoms with Gasteiger partial charge in [-0.25, -0.2) is 9.59 Å². The highest BCUT2D eigenvalue weighted by molar-refractivity contribution is 5.65. The molecule has 0 amide bonds. The Labute approximate surface area is 356 Å². The first kappa shape index (κ1) is 44.0. The van der Waals surface area contributed by atoms with E-state index in [1.165, 1.54) is 33.5 Å². The van der Waals surface area contributed by atoms with Gasteiger partial charge in [0.25, 0.3) is 11.1 Å². The summed E-state index contributed by atoms with van der Waals surface area (Å²) in [5.41, 5.74) is -0.406. The Morgan fingerprint density at radius 1 is 0.758 bits per heavy atom. The van der Waals surface area contributed by atoms with E-state index in [1.54, 1.807) is 28.1 Å². The number of carbonyl (C=O) groups excluding carboxylic acids is 1. The third-order valence-electron chi connectivity index (χ3n) is 11.5. The van der Waals surface area contributed by atoms with Gasteiger partial charge < -0.3 is 33.6 Å². The molecule has 7 rings (SSSR count). The third-order valence-corrected chi connectivity index (χ3v) is 11.5. The van der Waals surface area contributed by atoms with Gasteiger partial charge in [-0.05, 0) is 73.6 Å². The lowest BCUT2D eigenvalue weighted by atomic mass is 9.80. The second kappa shape index (κ2) is 18.9. The average Bonchev–Trinajstić information content (AvgIpc) is 3.85. The quantitative estimate of drug-likeness (QED) is 0.0963. The average molecular weight is 854 g/mol. The molecule has 62 heavy (non-hydrogen) atoms. The Morgan fingerprint density at radius 3 is 1.77 bits per heavy atom. The summed E-state index contributed by atoms with van der Waals surface area (Å²) in [5, 5.41) is 12.5. The zero-order valence-corrected chi connectivity index (χ0v) is 35.1. The van der Waals surface area contributed by atoms with Crippen LogP contribution in [0.5, 0.6) is 11.5 Å². The van der Waals surface area contributed by atoms with Crippen molar-refractivity contribution in [2.75, 3.05) is 33.9 Å². The number of nitrogens with zero attached hydrogens (tertiary/aromatic N) is 3. The van der Waals surface area contributed by atoms with E-state index in [1.807, 2.05) is 78.9 Å². The van der Waals surface area contributed by atoms with Crippen molar-refractivity contribution < 1.29 is 38.4 Å². The van der Waals surface area contributed by atoms with E-state index in [2.05, 4.69) is 9.97 Å². The van der Waals surface area contributed by atoms with Crippen molar-refractivity contribution in [1.82, 2.24) is 24.2 Å². The van der Waals surface area contributed by atoms with Crippen molar-refractivity contribution in [2.45, 2.75) is 76.4 Å². The number of hydroxylamine groups is 2. The molecule has 0 unspecified atom stereocenters. The van der Waals surface area contributed by atoms with E-state index in [4.69, 9.17) is 28.5 Å². The number of nitrogens with one attached hydrogen (secondary N) is 2. The summed E-state index contributed by atoms with van der Waals surface area (Å²) in [6.07, 6.45) is -0.581. The molecule has 17 nitrogen and oxygen atoms in total. The molecular formula is C45H51N5O12. The number of methoxy groups -OCH3 is 2. The molecule has 17 heteroatoms. The number of aliphatic hydroxyl groups is 1. The van der Waals surface area contributed by atoms with Crippen LogP contribution >= 0.6 is 0 Å². The summed E-state index contributed by atoms with van der Waals surface area (Å²) >= 11 is 0. The van der Waals surface area contributed by atoms with E-state index in [-0.39, 0.29) is 32.0 Å². The highest BCUT2D eigenvalue weighted by atomic mass is 16.7. The molecule has 3 aromatic carbocycles. The van der Waals surface area contributed by atoms with Gasteiger partial charge in [0, 0.05) is 43.4 Å². The topological polar surface area (TPSA) is 206 Å². The van der Waals surface area contributed by atoms with Crippen LogP contribution in [0.25, 0.3) is 0 Å². The van der Waals surface area contributed by atoms with Crippen molar-refractivity contribution in [1.29, 1.82) is 0 Å². The maximum absolute atomic E-state index is 13.2. The van der Waals surface area contributed by atoms with Gasteiger partial charge in [0.1, 0.15) is 35.7 Å². The summed E-state index contributed by atoms with van der Waals surface area (Å²) in [5.74, 6) is 0.432. The van der Waals surface area contributed by atoms with E-state index in [0.29, 0.717) is 35.5 Å². The summed E-state index contributed by atoms with van der Waals surface area (Å²) in [6, 6.07) is 25.0. The molecule has 328 valence electrons. The molecule has 0 spiro atoms. The van der Waals surface area contributed by atoms with Crippen LogP contribution in [-0.4, -0.2) is 87.5 Å². The summed E-state index contributed by atoms with van der Waals surface area (Å²) in [4.78, 5) is 72.9. The van der Waals surface area contributed by atoms with Crippen LogP contribution in [0.2, 0.25) is 0 Å². The van der Waals surface area contributed by atoms with Crippen molar-refractivity contribution in [3.05, 3.63) is 161 Å². The van der Waals surface area contributed by atoms with Gasteiger partial charge in [0.15, 0.2) is 0 Å². The minimum Gasteiger partial charge on any atom is -0.497 e. The largest absolute Gasteiger partial charge is 0.497 e. The molecule has 2 aliphatic heterocycles. The van der Waals surface area contributed by atoms with Crippen LogP contribution in [0.3, 0.4) is 0 Å². The Morgan fingerprint density at radius 2 is 1.26 bits per heavy atom. The number of benzene rings is 3. The molecule has 5 aromatic rings. The van der Waals surface area contributed by atoms with Gasteiger partial charge in [-0.1, -0.05) is 54.6 Å². The fourth-order valence-corrected chi connectivity index (χ4v) is 8.24. The second-order valence-electron chi connectivity index (χ2n) is 15.6. The van der Waals surface area contributed by atoms with E-state index >= 15 is 0 Å². The van der Waals surface area contributed by atoms with Gasteiger partial charge in [-0.3, -0.25) is 33.5 Å². The molecule has 0 saturated carbocycles. The maximum Gasteiger partial charge on any atom is 0.330 e. The molecule has 2 aromatic heterocycles. The molecule has 3 N–H and O–H groups in total. The highest BCUT2D eigenvalue weighted by Gasteiger charge is 2.43. The van der Waals surface area contributed by atoms with Gasteiger partial charge in [-0.2, -0.15) is 0 Å². The number of aromatic nitrogens is 4. The molecule has 0 bridgehead atoms. The maximum atomic E-state index is 13.2. The summed E-state index contributed by atoms with van der Waals surface area (Å²) in [7, 11) is 3.20. The number of carbonyl (C=O) groups is 1. The van der Waals surface area contributed by atoms with Crippen molar-refractivity contribution >= 4 is 5.97 Å². The van der Waals surface area contributed by atoms with Crippen LogP contribution in [0.4, 0.5) is 0 Å². The zero-order valence-electron chi connectivity index (χ0n) is 35.1. The van der Waals surface area contributed by atoms with Crippen LogP contribution in [-0.2, 0) is 29.4 Å². The van der Waals surface area contributed by atoms with E-state index in [0.717, 1.165) is 16.7 Å². The fourth-order valence-electron chi connectivity index (χ4n) is 8.24. The Kier molecular flexibility index (Phi) is 13.4. The van der Waals surface area contributed by atoms with E-state index < -0.39 is 64.8 Å². The number of ether oxygens (including phenoxy) is 5. The Hall–Kier alpha value is -6.11. The van der Waals surface area contributed by atoms with Crippen molar-refractivity contribution in [3.8, 4) is 11.5 Å². The van der Waals surface area contributed by atoms with Gasteiger partial charge in [0.05, 0.1) is 39.6 Å². The lowest BCUT2D eigenvalue weighted by molar-refractivity contribution is -0.199. The minimum atomic E-state index is -1.18. The van der Waals surface area contributed by atoms with Crippen LogP contribution < -0.4 is 32.0 Å². The number of rotatable bonds is 16. The number of aryl methyl sites for hydroxylation is 2. The van der Waals surface area contributed by atoms with Crippen LogP contribution in [0.1, 0.15) is 66.5 Å². The normalized spacial score (nSPS) is 21.3. The molecule has 2 fully saturated rings. The predicted molar refractivity (Wildman–Crippen MR) is 225 cm³/mol. The minimum absolute atomic E-state index is 0.0260. The van der Waals surface area contributed by atoms with E-state index in [9.17, 15) is 29.1 Å². The van der Waals surface area contributed by atoms with Crippen LogP contribution in [0, 0.1) is 19.8 Å². The first-order valence-electron chi connectivity index (χ1n) is 20.3. The Balaban J connectivity index is 1.20. The SMILES string of the molecule is COc1ccc(C(OC[C@H]2O[C@@H](n3cc(C)c(=O)[nH]c3=O)C[C@@H]2CCN(C[C@H]2O[C@@H](n3cc(C)c(=O)[nH]c3=O)C[C@@H]2O)OC(C)=O)(c2ccccc2)c2ccc(OC)cc2)cc1. The number of hydrogen-bond donors (Lipinski definition) is 3. The molecule has 0 radical (unpaired) electrons. The monoisotopic (exact) mass is 853 g/mol. The molecule has 2 aliphatic rings. The standard InChI is InChI=1S/C45H51N5O12/c1-27-23-49(43(55)46-41(27)53)39-21-30(19-20-48(62-29(3)51)25-37-36(52)22-40(60-37)50-24-28(2)42(54)47-44(50)56)38(61-39)26-59-45(31-9-7-6-8-10-31,32-11-15-34(57-4)16-12-32)33-13-17-35(58-5)18-14-33/h6-18,23-24,30,36-40,52H,19-22,25-26H2,1-5H3,(H,46,53,55)(H,47,54,56)/t30-,36-,37+,38+,39+,40+/m0/s1. The number of aromatic amines is 2. The summed E-state index contributed by atoms with van der Waals surface area (Å²) in [6.45, 7) is 4.57. The number of H-pyrrole nitrogens is 2. The van der Waals surface area contributed by atoms with Gasteiger partial charge in [-0.15, -0.1) is 5.06 Å². The predicted octanol–water partition coefficient (Wildman–Crippen LogP) is 3.45. The molecule has 4 heterocycles. The van der Waals surface area contributed by atoms with Gasteiger partial charge in [0.2, 0.25) is 0 Å². The molecule has 0 aliphatic carbocycles. The Bertz CT molecular complexity index is 2520. The molecule has 6 atom stereocenters. The van der Waals surface area contributed by atoms with Crippen LogP contribution in [0.15, 0.2) is 110 Å². The number of hydrogen-bond acceptors (Lipinski definition) is 13.